The average Bonchev–Trinajstić information content (AvgIpc) is 4.22. The van der Waals surface area contributed by atoms with Gasteiger partial charge in [-0.05, 0) is 59.2 Å². The Morgan fingerprint density at radius 2 is 1.05 bits per heavy atom. The predicted molar refractivity (Wildman–Crippen MR) is 255 cm³/mol. The van der Waals surface area contributed by atoms with Gasteiger partial charge < -0.3 is 39.6 Å². The SMILES string of the molecule is CC(F)Oc1ccccc1CNC(=O)c1cc(C(=O)NCc2ccc3oc(=O)[nH]c3c2)nc2ccnn12.O=C(NCc1ccc2oc(=O)[nH]c2c1)c1cc(C(=O)NCc2ccc(OC(F)F)cc2)n2nccc2n1. The summed E-state index contributed by atoms with van der Waals surface area (Å²) in [6.45, 7) is -1.21. The number of rotatable bonds is 16. The Hall–Kier alpha value is -10.1. The zero-order valence-corrected chi connectivity index (χ0v) is 38.4. The number of hydrogen-bond donors (Lipinski definition) is 6. The van der Waals surface area contributed by atoms with Crippen LogP contribution in [-0.4, -0.2) is 75.8 Å². The number of para-hydroxylation sites is 1. The number of H-pyrrole nitrogens is 2. The van der Waals surface area contributed by atoms with Crippen LogP contribution in [0.15, 0.2) is 140 Å². The molecule has 0 saturated heterocycles. The van der Waals surface area contributed by atoms with Gasteiger partial charge in [0.25, 0.3) is 23.6 Å². The highest BCUT2D eigenvalue weighted by atomic mass is 19.3. The number of aromatic amines is 2. The standard InChI is InChI=1S/C25H21FN6O5.C24H18F2N6O5/c1-14(26)36-20-5-3-2-4-16(20)13-28-24(34)19-11-18(30-22-8-9-29-32(19)22)23(33)27-12-15-6-7-21-17(10-15)31-25(35)37-21;25-23(26)36-15-4-1-13(2-5-15)11-28-22(34)18-10-17(30-20-7-8-29-32(18)20)21(33)27-12-14-3-6-19-16(9-14)31-24(35)37-19/h2-11,14H,12-13H2,1H3,(H,27,33)(H,28,34)(H,31,35);1-10,23H,11-12H2,(H,27,33)(H,28,34)(H,31,35). The van der Waals surface area contributed by atoms with Gasteiger partial charge in [-0.2, -0.15) is 19.0 Å². The summed E-state index contributed by atoms with van der Waals surface area (Å²) in [5.74, 6) is -2.87. The maximum absolute atomic E-state index is 13.3. The molecule has 0 bridgehead atoms. The van der Waals surface area contributed by atoms with Crippen molar-refractivity contribution in [2.24, 2.45) is 0 Å². The van der Waals surface area contributed by atoms with Crippen molar-refractivity contribution in [2.75, 3.05) is 0 Å². The first kappa shape index (κ1) is 48.9. The molecule has 22 nitrogen and oxygen atoms in total. The Labute approximate surface area is 412 Å². The number of hydrogen-bond acceptors (Lipinski definition) is 14. The van der Waals surface area contributed by atoms with Crippen molar-refractivity contribution in [1.29, 1.82) is 0 Å². The van der Waals surface area contributed by atoms with E-state index >= 15 is 0 Å². The molecule has 25 heteroatoms. The number of carbonyl (C=O) groups is 4. The fourth-order valence-electron chi connectivity index (χ4n) is 7.41. The van der Waals surface area contributed by atoms with Gasteiger partial charge >= 0.3 is 18.1 Å². The molecule has 0 fully saturated rings. The first-order valence-electron chi connectivity index (χ1n) is 22.2. The molecule has 10 aromatic rings. The first-order valence-corrected chi connectivity index (χ1v) is 22.2. The van der Waals surface area contributed by atoms with Crippen LogP contribution in [0.2, 0.25) is 0 Å². The Morgan fingerprint density at radius 1 is 0.581 bits per heavy atom. The van der Waals surface area contributed by atoms with Gasteiger partial charge in [-0.15, -0.1) is 0 Å². The summed E-state index contributed by atoms with van der Waals surface area (Å²) in [6, 6.07) is 28.4. The minimum Gasteiger partial charge on any atom is -0.460 e. The quantitative estimate of drug-likeness (QED) is 0.0713. The van der Waals surface area contributed by atoms with E-state index in [1.807, 2.05) is 0 Å². The highest BCUT2D eigenvalue weighted by Gasteiger charge is 2.20. The summed E-state index contributed by atoms with van der Waals surface area (Å²) in [6.07, 6.45) is 1.41. The summed E-state index contributed by atoms with van der Waals surface area (Å²) >= 11 is 0. The van der Waals surface area contributed by atoms with Crippen molar-refractivity contribution < 1.29 is 50.7 Å². The molecular weight excluding hydrogens is 974 g/mol. The molecule has 4 amide bonds. The molecule has 0 aliphatic heterocycles. The molecule has 0 aliphatic carbocycles. The molecule has 10 rings (SSSR count). The van der Waals surface area contributed by atoms with Crippen molar-refractivity contribution in [3.8, 4) is 11.5 Å². The smallest absolute Gasteiger partial charge is 0.417 e. The summed E-state index contributed by atoms with van der Waals surface area (Å²) < 4.78 is 60.0. The van der Waals surface area contributed by atoms with Crippen LogP contribution in [0, 0.1) is 0 Å². The van der Waals surface area contributed by atoms with E-state index < -0.39 is 48.1 Å². The van der Waals surface area contributed by atoms with Gasteiger partial charge in [0, 0.05) is 62.9 Å². The zero-order valence-electron chi connectivity index (χ0n) is 38.4. The molecule has 74 heavy (non-hydrogen) atoms. The molecule has 6 N–H and O–H groups in total. The maximum Gasteiger partial charge on any atom is 0.417 e. The van der Waals surface area contributed by atoms with Crippen LogP contribution in [0.1, 0.15) is 71.1 Å². The van der Waals surface area contributed by atoms with Gasteiger partial charge in [-0.1, -0.05) is 42.5 Å². The summed E-state index contributed by atoms with van der Waals surface area (Å²) in [5.41, 5.74) is 5.31. The Morgan fingerprint density at radius 3 is 1.57 bits per heavy atom. The second kappa shape index (κ2) is 21.5. The molecule has 4 aromatic carbocycles. The predicted octanol–water partition coefficient (Wildman–Crippen LogP) is 5.34. The fraction of sp³-hybridized carbons (Fsp3) is 0.143. The van der Waals surface area contributed by atoms with Crippen LogP contribution in [0.3, 0.4) is 0 Å². The minimum absolute atomic E-state index is 0.00412. The number of aromatic nitrogens is 8. The molecule has 0 spiro atoms. The third-order valence-electron chi connectivity index (χ3n) is 10.8. The van der Waals surface area contributed by atoms with Gasteiger partial charge in [-0.3, -0.25) is 29.1 Å². The van der Waals surface area contributed by atoms with Crippen LogP contribution in [0.4, 0.5) is 13.2 Å². The number of nitrogens with one attached hydrogen (secondary N) is 6. The van der Waals surface area contributed by atoms with E-state index in [4.69, 9.17) is 13.6 Å². The lowest BCUT2D eigenvalue weighted by Gasteiger charge is -2.13. The molecule has 0 saturated carbocycles. The highest BCUT2D eigenvalue weighted by Crippen LogP contribution is 2.21. The Balaban J connectivity index is 0.000000182. The van der Waals surface area contributed by atoms with E-state index in [0.29, 0.717) is 55.9 Å². The number of amides is 4. The topological polar surface area (TPSA) is 287 Å². The second-order valence-corrected chi connectivity index (χ2v) is 16.0. The number of benzene rings is 4. The maximum atomic E-state index is 13.3. The van der Waals surface area contributed by atoms with Crippen LogP contribution in [0.5, 0.6) is 11.5 Å². The summed E-state index contributed by atoms with van der Waals surface area (Å²) in [7, 11) is 0. The normalized spacial score (nSPS) is 11.6. The van der Waals surface area contributed by atoms with Crippen LogP contribution in [0.25, 0.3) is 33.5 Å². The molecule has 6 heterocycles. The van der Waals surface area contributed by atoms with Crippen LogP contribution in [-0.2, 0) is 26.2 Å². The lowest BCUT2D eigenvalue weighted by Crippen LogP contribution is -2.28. The van der Waals surface area contributed by atoms with Crippen molar-refractivity contribution in [3.63, 3.8) is 0 Å². The molecule has 1 unspecified atom stereocenters. The molecule has 1 atom stereocenters. The first-order chi connectivity index (χ1) is 35.7. The van der Waals surface area contributed by atoms with E-state index in [9.17, 15) is 41.9 Å². The monoisotopic (exact) mass is 1010 g/mol. The second-order valence-electron chi connectivity index (χ2n) is 16.0. The lowest BCUT2D eigenvalue weighted by atomic mass is 10.2. The van der Waals surface area contributed by atoms with E-state index in [1.165, 1.54) is 52.6 Å². The molecule has 376 valence electrons. The fourth-order valence-corrected chi connectivity index (χ4v) is 7.41. The zero-order chi connectivity index (χ0) is 51.9. The third-order valence-corrected chi connectivity index (χ3v) is 10.8. The van der Waals surface area contributed by atoms with E-state index in [1.54, 1.807) is 84.9 Å². The number of alkyl halides is 3. The summed E-state index contributed by atoms with van der Waals surface area (Å²) in [4.78, 5) is 88.1. The van der Waals surface area contributed by atoms with Gasteiger partial charge in [0.1, 0.15) is 34.3 Å². The molecule has 0 radical (unpaired) electrons. The largest absolute Gasteiger partial charge is 0.460 e. The number of carbonyl (C=O) groups excluding carboxylic acids is 4. The van der Waals surface area contributed by atoms with Gasteiger partial charge in [0.2, 0.25) is 6.36 Å². The number of fused-ring (bicyclic) bond motifs is 4. The average molecular weight is 1010 g/mol. The Kier molecular flexibility index (Phi) is 14.2. The van der Waals surface area contributed by atoms with E-state index in [0.717, 1.165) is 5.56 Å². The summed E-state index contributed by atoms with van der Waals surface area (Å²) in [5, 5.41) is 19.2. The lowest BCUT2D eigenvalue weighted by molar-refractivity contribution is -0.0498. The van der Waals surface area contributed by atoms with Gasteiger partial charge in [0.05, 0.1) is 23.4 Å². The Bertz CT molecular complexity index is 3820. The van der Waals surface area contributed by atoms with Crippen molar-refractivity contribution >= 4 is 57.1 Å². The van der Waals surface area contributed by atoms with Crippen LogP contribution >= 0.6 is 0 Å². The van der Waals surface area contributed by atoms with Crippen molar-refractivity contribution in [3.05, 3.63) is 188 Å². The van der Waals surface area contributed by atoms with Gasteiger partial charge in [0.15, 0.2) is 22.5 Å². The van der Waals surface area contributed by atoms with Crippen molar-refractivity contribution in [2.45, 2.75) is 46.1 Å². The van der Waals surface area contributed by atoms with Crippen LogP contribution < -0.4 is 42.3 Å². The molecule has 0 aliphatic rings. The molecular formula is C49H39F3N12O10. The van der Waals surface area contributed by atoms with E-state index in [-0.39, 0.29) is 54.7 Å². The molecule has 6 aromatic heterocycles. The number of nitrogens with zero attached hydrogens (tertiary/aromatic N) is 6. The highest BCUT2D eigenvalue weighted by molar-refractivity contribution is 5.99. The number of ether oxygens (including phenoxy) is 2. The minimum atomic E-state index is -2.93. The third kappa shape index (κ3) is 11.6. The van der Waals surface area contributed by atoms with Crippen molar-refractivity contribution in [1.82, 2.24) is 60.4 Å². The van der Waals surface area contributed by atoms with Gasteiger partial charge in [-0.25, -0.2) is 33.0 Å². The number of oxazole rings is 2. The van der Waals surface area contributed by atoms with E-state index in [2.05, 4.69) is 56.1 Å². The number of halogens is 3.